The molecule has 0 aromatic carbocycles. The maximum absolute atomic E-state index is 5.90. The Morgan fingerprint density at radius 1 is 1.57 bits per heavy atom. The van der Waals surface area contributed by atoms with Gasteiger partial charge in [0.2, 0.25) is 0 Å². The summed E-state index contributed by atoms with van der Waals surface area (Å²) in [5.74, 6) is 0.986. The number of aryl methyl sites for hydroxylation is 1. The maximum Gasteiger partial charge on any atom is 0.115 e. The minimum Gasteiger partial charge on any atom is -0.468 e. The lowest BCUT2D eigenvalue weighted by atomic mass is 10.2. The Bertz CT molecular complexity index is 321. The maximum atomic E-state index is 5.90. The zero-order valence-corrected chi connectivity index (χ0v) is 9.69. The van der Waals surface area contributed by atoms with Crippen molar-refractivity contribution in [1.82, 2.24) is 0 Å². The third-order valence-corrected chi connectivity index (χ3v) is 3.97. The molecule has 0 radical (unpaired) electrons. The first-order chi connectivity index (χ1) is 6.59. The smallest absolute Gasteiger partial charge is 0.115 e. The Kier molecular flexibility index (Phi) is 2.62. The van der Waals surface area contributed by atoms with Crippen molar-refractivity contribution >= 4 is 11.8 Å². The number of hydrogen-bond donors (Lipinski definition) is 0. The van der Waals surface area contributed by atoms with Crippen molar-refractivity contribution in [3.8, 4) is 0 Å². The molecule has 0 aliphatic carbocycles. The van der Waals surface area contributed by atoms with E-state index in [-0.39, 0.29) is 4.93 Å². The summed E-state index contributed by atoms with van der Waals surface area (Å²) in [6.45, 7) is 6.28. The number of rotatable bonds is 2. The molecule has 2 heterocycles. The average molecular weight is 212 g/mol. The topological polar surface area (TPSA) is 22.4 Å². The van der Waals surface area contributed by atoms with E-state index in [0.29, 0.717) is 6.10 Å². The third kappa shape index (κ3) is 1.98. The normalized spacial score (nSPS) is 32.4. The third-order valence-electron chi connectivity index (χ3n) is 2.59. The molecule has 0 spiro atoms. The summed E-state index contributed by atoms with van der Waals surface area (Å²) in [6.07, 6.45) is 4.39. The number of furan rings is 1. The van der Waals surface area contributed by atoms with Gasteiger partial charge in [-0.15, -0.1) is 0 Å². The van der Waals surface area contributed by atoms with Crippen LogP contribution >= 0.6 is 11.8 Å². The molecule has 2 unspecified atom stereocenters. The second-order valence-corrected chi connectivity index (χ2v) is 5.55. The lowest BCUT2D eigenvalue weighted by molar-refractivity contribution is 0.0438. The van der Waals surface area contributed by atoms with E-state index in [1.807, 2.05) is 13.0 Å². The van der Waals surface area contributed by atoms with Gasteiger partial charge in [-0.3, -0.25) is 0 Å². The minimum absolute atomic E-state index is 0.0615. The van der Waals surface area contributed by atoms with Gasteiger partial charge in [-0.1, -0.05) is 11.8 Å². The highest BCUT2D eigenvalue weighted by Gasteiger charge is 2.35. The van der Waals surface area contributed by atoms with E-state index in [4.69, 9.17) is 9.15 Å². The fraction of sp³-hybridized carbons (Fsp3) is 0.636. The van der Waals surface area contributed by atoms with Gasteiger partial charge in [-0.2, -0.15) is 0 Å². The van der Waals surface area contributed by atoms with E-state index in [1.165, 1.54) is 4.90 Å². The van der Waals surface area contributed by atoms with Gasteiger partial charge in [0.15, 0.2) is 0 Å². The van der Waals surface area contributed by atoms with Gasteiger partial charge in [-0.05, 0) is 39.7 Å². The molecule has 1 aliphatic rings. The van der Waals surface area contributed by atoms with Crippen molar-refractivity contribution < 1.29 is 9.15 Å². The highest BCUT2D eigenvalue weighted by atomic mass is 32.2. The van der Waals surface area contributed by atoms with Crippen LogP contribution in [0.1, 0.15) is 32.4 Å². The van der Waals surface area contributed by atoms with Crippen LogP contribution in [-0.2, 0) is 4.74 Å². The summed E-state index contributed by atoms with van der Waals surface area (Å²) in [5, 5.41) is 0. The van der Waals surface area contributed by atoms with Gasteiger partial charge < -0.3 is 9.15 Å². The second kappa shape index (κ2) is 3.63. The number of thioether (sulfide) groups is 1. The van der Waals surface area contributed by atoms with Crippen molar-refractivity contribution in [3.63, 3.8) is 0 Å². The fourth-order valence-corrected chi connectivity index (χ4v) is 3.01. The zero-order chi connectivity index (χ0) is 10.2. The Balaban J connectivity index is 2.07. The highest BCUT2D eigenvalue weighted by molar-refractivity contribution is 8.00. The monoisotopic (exact) mass is 212 g/mol. The standard InChI is InChI=1S/C11H16O2S/c1-8-4-6-11(3,13-8)14-10-5-7-12-9(10)2/h5,7-8H,4,6H2,1-3H3. The molecule has 2 rings (SSSR count). The molecule has 1 aromatic heterocycles. The quantitative estimate of drug-likeness (QED) is 0.748. The van der Waals surface area contributed by atoms with E-state index in [2.05, 4.69) is 13.8 Å². The van der Waals surface area contributed by atoms with Crippen LogP contribution in [0.5, 0.6) is 0 Å². The van der Waals surface area contributed by atoms with Crippen molar-refractivity contribution in [3.05, 3.63) is 18.1 Å². The van der Waals surface area contributed by atoms with Crippen molar-refractivity contribution in [2.75, 3.05) is 0 Å². The van der Waals surface area contributed by atoms with Crippen LogP contribution in [0.2, 0.25) is 0 Å². The molecule has 1 fully saturated rings. The van der Waals surface area contributed by atoms with Crippen molar-refractivity contribution in [1.29, 1.82) is 0 Å². The summed E-state index contributed by atoms with van der Waals surface area (Å²) in [6, 6.07) is 2.01. The molecular weight excluding hydrogens is 196 g/mol. The summed E-state index contributed by atoms with van der Waals surface area (Å²) in [4.78, 5) is 1.13. The molecule has 3 heteroatoms. The molecule has 14 heavy (non-hydrogen) atoms. The largest absolute Gasteiger partial charge is 0.468 e. The van der Waals surface area contributed by atoms with Gasteiger partial charge >= 0.3 is 0 Å². The van der Waals surface area contributed by atoms with Gasteiger partial charge in [0.25, 0.3) is 0 Å². The SMILES string of the molecule is Cc1occc1SC1(C)CCC(C)O1. The van der Waals surface area contributed by atoms with Gasteiger partial charge in [0.05, 0.1) is 17.3 Å². The molecule has 1 aliphatic heterocycles. The Morgan fingerprint density at radius 2 is 2.36 bits per heavy atom. The van der Waals surface area contributed by atoms with Crippen molar-refractivity contribution in [2.45, 2.75) is 49.5 Å². The Morgan fingerprint density at radius 3 is 2.86 bits per heavy atom. The van der Waals surface area contributed by atoms with Gasteiger partial charge in [0, 0.05) is 0 Å². The van der Waals surface area contributed by atoms with Crippen LogP contribution in [-0.4, -0.2) is 11.0 Å². The van der Waals surface area contributed by atoms with Crippen LogP contribution in [0.15, 0.2) is 21.6 Å². The zero-order valence-electron chi connectivity index (χ0n) is 8.87. The highest BCUT2D eigenvalue weighted by Crippen LogP contribution is 2.44. The minimum atomic E-state index is -0.0615. The lowest BCUT2D eigenvalue weighted by Gasteiger charge is -2.22. The van der Waals surface area contributed by atoms with E-state index in [9.17, 15) is 0 Å². The molecule has 1 aromatic rings. The summed E-state index contributed by atoms with van der Waals surface area (Å²) >= 11 is 1.77. The predicted octanol–water partition coefficient (Wildman–Crippen LogP) is 3.60. The van der Waals surface area contributed by atoms with E-state index in [0.717, 1.165) is 18.6 Å². The lowest BCUT2D eigenvalue weighted by Crippen LogP contribution is -2.19. The van der Waals surface area contributed by atoms with Crippen LogP contribution in [0.4, 0.5) is 0 Å². The molecule has 0 N–H and O–H groups in total. The van der Waals surface area contributed by atoms with Crippen LogP contribution in [0.3, 0.4) is 0 Å². The van der Waals surface area contributed by atoms with E-state index in [1.54, 1.807) is 18.0 Å². The summed E-state index contributed by atoms with van der Waals surface area (Å²) in [5.41, 5.74) is 0. The summed E-state index contributed by atoms with van der Waals surface area (Å²) < 4.78 is 11.2. The molecule has 0 amide bonds. The molecule has 2 nitrogen and oxygen atoms in total. The molecule has 0 bridgehead atoms. The van der Waals surface area contributed by atoms with Crippen LogP contribution in [0, 0.1) is 6.92 Å². The molecule has 0 saturated carbocycles. The number of hydrogen-bond acceptors (Lipinski definition) is 3. The number of ether oxygens (including phenoxy) is 1. The van der Waals surface area contributed by atoms with E-state index < -0.39 is 0 Å². The Hall–Kier alpha value is -0.410. The second-order valence-electron chi connectivity index (χ2n) is 4.04. The van der Waals surface area contributed by atoms with Crippen molar-refractivity contribution in [2.24, 2.45) is 0 Å². The van der Waals surface area contributed by atoms with Crippen LogP contribution < -0.4 is 0 Å². The average Bonchev–Trinajstić information content (AvgIpc) is 2.62. The Labute approximate surface area is 89.0 Å². The first kappa shape index (κ1) is 10.1. The molecule has 2 atom stereocenters. The fourth-order valence-electron chi connectivity index (χ4n) is 1.80. The van der Waals surface area contributed by atoms with Gasteiger partial charge in [0.1, 0.15) is 10.7 Å². The molecular formula is C11H16O2S. The van der Waals surface area contributed by atoms with Crippen LogP contribution in [0.25, 0.3) is 0 Å². The molecule has 1 saturated heterocycles. The van der Waals surface area contributed by atoms with Gasteiger partial charge in [-0.25, -0.2) is 0 Å². The predicted molar refractivity (Wildman–Crippen MR) is 57.5 cm³/mol. The first-order valence-electron chi connectivity index (χ1n) is 5.00. The summed E-state index contributed by atoms with van der Waals surface area (Å²) in [7, 11) is 0. The first-order valence-corrected chi connectivity index (χ1v) is 5.82. The van der Waals surface area contributed by atoms with E-state index >= 15 is 0 Å². The molecule has 78 valence electrons.